The molecule has 0 aliphatic heterocycles. The normalized spacial score (nSPS) is 13.3. The average Bonchev–Trinajstić information content (AvgIpc) is 3.73. The van der Waals surface area contributed by atoms with Crippen molar-refractivity contribution in [3.8, 4) is 44.5 Å². The minimum absolute atomic E-state index is 0.196. The van der Waals surface area contributed by atoms with Crippen molar-refractivity contribution in [1.29, 1.82) is 0 Å². The monoisotopic (exact) mass is 712 g/mol. The van der Waals surface area contributed by atoms with E-state index in [4.69, 9.17) is 4.42 Å². The van der Waals surface area contributed by atoms with Crippen molar-refractivity contribution in [3.63, 3.8) is 0 Å². The molecule has 1 nitrogen and oxygen atoms in total. The van der Waals surface area contributed by atoms with Gasteiger partial charge in [0, 0.05) is 21.8 Å². The summed E-state index contributed by atoms with van der Waals surface area (Å²) in [7, 11) is 0. The molecule has 0 spiro atoms. The van der Waals surface area contributed by atoms with E-state index in [0.29, 0.717) is 0 Å². The van der Waals surface area contributed by atoms with Gasteiger partial charge in [-0.2, -0.15) is 0 Å². The molecule has 0 saturated carbocycles. The van der Waals surface area contributed by atoms with Crippen molar-refractivity contribution in [3.05, 3.63) is 193 Å². The second kappa shape index (κ2) is 11.5. The summed E-state index contributed by atoms with van der Waals surface area (Å²) in [5.41, 5.74) is 14.3. The van der Waals surface area contributed by atoms with Gasteiger partial charge >= 0.3 is 0 Å². The molecule has 1 heterocycles. The number of furan rings is 1. The Labute approximate surface area is 325 Å². The fourth-order valence-electron chi connectivity index (χ4n) is 10.0. The fourth-order valence-corrected chi connectivity index (χ4v) is 10.0. The van der Waals surface area contributed by atoms with Crippen LogP contribution >= 0.6 is 0 Å². The molecule has 262 valence electrons. The van der Waals surface area contributed by atoms with Crippen LogP contribution in [-0.4, -0.2) is 0 Å². The minimum Gasteiger partial charge on any atom is -0.456 e. The molecule has 0 saturated heterocycles. The number of fused-ring (bicyclic) bond motifs is 12. The SMILES string of the molecule is CC1(C)c2ccc3ccccc3c2-c2ccc3c(oc4cc(-c5c6ccccc6c(-c6cccc(-c7ccc8ccccc8c7)c6)c6ccccc56)ccc43)c21. The lowest BCUT2D eigenvalue weighted by atomic mass is 9.81. The van der Waals surface area contributed by atoms with Crippen LogP contribution in [-0.2, 0) is 5.41 Å². The van der Waals surface area contributed by atoms with Crippen LogP contribution < -0.4 is 0 Å². The maximum atomic E-state index is 7.04. The van der Waals surface area contributed by atoms with Gasteiger partial charge in [0.15, 0.2) is 0 Å². The molecule has 1 aliphatic rings. The Morgan fingerprint density at radius 2 is 0.911 bits per heavy atom. The molecule has 1 heteroatoms. The van der Waals surface area contributed by atoms with Crippen molar-refractivity contribution >= 4 is 65.0 Å². The third kappa shape index (κ3) is 4.37. The van der Waals surface area contributed by atoms with Gasteiger partial charge in [-0.1, -0.05) is 166 Å². The summed E-state index contributed by atoms with van der Waals surface area (Å²) in [6, 6.07) is 67.0. The van der Waals surface area contributed by atoms with Crippen molar-refractivity contribution in [2.45, 2.75) is 19.3 Å². The second-order valence-electron chi connectivity index (χ2n) is 16.0. The standard InChI is InChI=1S/C55H36O/c1-55(2)48-29-25-34-13-5-6-17-40(34)52(48)47-28-27-46-41-26-24-39(32-49(41)56-54(46)53(47)55)51-44-20-9-7-18-42(44)50(43-19-8-10-21-45(43)51)38-16-11-15-36(31-38)37-23-22-33-12-3-4-14-35(33)30-37/h3-32H,1-2H3. The first-order valence-electron chi connectivity index (χ1n) is 19.6. The van der Waals surface area contributed by atoms with E-state index >= 15 is 0 Å². The van der Waals surface area contributed by atoms with Gasteiger partial charge in [-0.15, -0.1) is 0 Å². The van der Waals surface area contributed by atoms with Crippen LogP contribution in [0.15, 0.2) is 186 Å². The highest BCUT2D eigenvalue weighted by Gasteiger charge is 2.39. The highest BCUT2D eigenvalue weighted by atomic mass is 16.3. The lowest BCUT2D eigenvalue weighted by Crippen LogP contribution is -2.15. The molecule has 0 amide bonds. The summed E-state index contributed by atoms with van der Waals surface area (Å²) >= 11 is 0. The van der Waals surface area contributed by atoms with Crippen LogP contribution in [0, 0.1) is 0 Å². The third-order valence-electron chi connectivity index (χ3n) is 12.6. The van der Waals surface area contributed by atoms with Gasteiger partial charge in [-0.3, -0.25) is 0 Å². The molecule has 0 unspecified atom stereocenters. The zero-order valence-electron chi connectivity index (χ0n) is 31.2. The van der Waals surface area contributed by atoms with Gasteiger partial charge in [0.1, 0.15) is 11.2 Å². The summed E-state index contributed by atoms with van der Waals surface area (Å²) in [5.74, 6) is 0. The van der Waals surface area contributed by atoms with Gasteiger partial charge in [0.2, 0.25) is 0 Å². The summed E-state index contributed by atoms with van der Waals surface area (Å²) in [4.78, 5) is 0. The molecule has 56 heavy (non-hydrogen) atoms. The van der Waals surface area contributed by atoms with Gasteiger partial charge in [0.05, 0.1) is 0 Å². The Morgan fingerprint density at radius 3 is 1.64 bits per heavy atom. The van der Waals surface area contributed by atoms with Crippen LogP contribution in [0.2, 0.25) is 0 Å². The lowest BCUT2D eigenvalue weighted by Gasteiger charge is -2.21. The summed E-state index contributed by atoms with van der Waals surface area (Å²) in [6.45, 7) is 4.70. The lowest BCUT2D eigenvalue weighted by molar-refractivity contribution is 0.620. The number of hydrogen-bond donors (Lipinski definition) is 0. The quantitative estimate of drug-likeness (QED) is 0.166. The Balaban J connectivity index is 1.05. The molecule has 1 aromatic heterocycles. The molecule has 12 rings (SSSR count). The molecular formula is C55H36O. The first-order valence-corrected chi connectivity index (χ1v) is 19.6. The molecule has 10 aromatic carbocycles. The van der Waals surface area contributed by atoms with E-state index in [2.05, 4.69) is 196 Å². The van der Waals surface area contributed by atoms with Crippen LogP contribution in [0.25, 0.3) is 110 Å². The van der Waals surface area contributed by atoms with Crippen molar-refractivity contribution in [2.75, 3.05) is 0 Å². The van der Waals surface area contributed by atoms with Crippen molar-refractivity contribution in [1.82, 2.24) is 0 Å². The maximum absolute atomic E-state index is 7.04. The van der Waals surface area contributed by atoms with Gasteiger partial charge in [0.25, 0.3) is 0 Å². The highest BCUT2D eigenvalue weighted by Crippen LogP contribution is 2.55. The molecule has 0 bridgehead atoms. The number of hydrogen-bond acceptors (Lipinski definition) is 1. The average molecular weight is 713 g/mol. The molecule has 11 aromatic rings. The van der Waals surface area contributed by atoms with E-state index in [0.717, 1.165) is 22.1 Å². The van der Waals surface area contributed by atoms with Gasteiger partial charge in [-0.25, -0.2) is 0 Å². The minimum atomic E-state index is -0.196. The molecule has 1 aliphatic carbocycles. The maximum Gasteiger partial charge on any atom is 0.140 e. The first-order chi connectivity index (χ1) is 27.5. The Bertz CT molecular complexity index is 3390. The van der Waals surface area contributed by atoms with Gasteiger partial charge in [-0.05, 0) is 123 Å². The van der Waals surface area contributed by atoms with E-state index in [9.17, 15) is 0 Å². The second-order valence-corrected chi connectivity index (χ2v) is 16.0. The first kappa shape index (κ1) is 31.4. The topological polar surface area (TPSA) is 13.1 Å². The summed E-state index contributed by atoms with van der Waals surface area (Å²) in [6.07, 6.45) is 0. The summed E-state index contributed by atoms with van der Waals surface area (Å²) < 4.78 is 7.04. The molecule has 0 N–H and O–H groups in total. The fraction of sp³-hybridized carbons (Fsp3) is 0.0545. The van der Waals surface area contributed by atoms with E-state index < -0.39 is 0 Å². The van der Waals surface area contributed by atoms with Gasteiger partial charge < -0.3 is 4.42 Å². The zero-order chi connectivity index (χ0) is 37.1. The van der Waals surface area contributed by atoms with E-state index in [1.165, 1.54) is 98.5 Å². The van der Waals surface area contributed by atoms with Crippen LogP contribution in [0.3, 0.4) is 0 Å². The van der Waals surface area contributed by atoms with Crippen molar-refractivity contribution < 1.29 is 4.42 Å². The van der Waals surface area contributed by atoms with E-state index in [1.54, 1.807) is 0 Å². The Morgan fingerprint density at radius 1 is 0.357 bits per heavy atom. The third-order valence-corrected chi connectivity index (χ3v) is 12.6. The van der Waals surface area contributed by atoms with Crippen molar-refractivity contribution in [2.24, 2.45) is 0 Å². The van der Waals surface area contributed by atoms with Crippen LogP contribution in [0.1, 0.15) is 25.0 Å². The van der Waals surface area contributed by atoms with Crippen LogP contribution in [0.4, 0.5) is 0 Å². The zero-order valence-corrected chi connectivity index (χ0v) is 31.2. The molecular weight excluding hydrogens is 677 g/mol. The largest absolute Gasteiger partial charge is 0.456 e. The Kier molecular flexibility index (Phi) is 6.46. The predicted molar refractivity (Wildman–Crippen MR) is 238 cm³/mol. The smallest absolute Gasteiger partial charge is 0.140 e. The van der Waals surface area contributed by atoms with E-state index in [-0.39, 0.29) is 5.41 Å². The van der Waals surface area contributed by atoms with E-state index in [1.807, 2.05) is 0 Å². The highest BCUT2D eigenvalue weighted by molar-refractivity contribution is 6.22. The molecule has 0 radical (unpaired) electrons. The van der Waals surface area contributed by atoms with Crippen LogP contribution in [0.5, 0.6) is 0 Å². The molecule has 0 atom stereocenters. The summed E-state index contributed by atoms with van der Waals surface area (Å²) in [5, 5.41) is 12.4. The molecule has 0 fully saturated rings. The predicted octanol–water partition coefficient (Wildman–Crippen LogP) is 15.5. The number of benzene rings is 10. The Hall–Kier alpha value is -6.96. The number of rotatable bonds is 3.